The number of esters is 1. The Morgan fingerprint density at radius 2 is 1.74 bits per heavy atom. The van der Waals surface area contributed by atoms with E-state index in [2.05, 4.69) is 36.3 Å². The van der Waals surface area contributed by atoms with Crippen LogP contribution in [0.15, 0.2) is 41.2 Å². The maximum absolute atomic E-state index is 11.9. The average molecular weight is 487 g/mol. The van der Waals surface area contributed by atoms with Gasteiger partial charge in [0.25, 0.3) is 0 Å². The molecule has 0 bridgehead atoms. The van der Waals surface area contributed by atoms with Gasteiger partial charge in [0.05, 0.1) is 11.6 Å². The van der Waals surface area contributed by atoms with Crippen LogP contribution >= 0.6 is 12.4 Å². The van der Waals surface area contributed by atoms with Crippen molar-refractivity contribution in [2.24, 2.45) is 0 Å². The number of carbonyl (C=O) groups is 1. The molecule has 1 heterocycles. The lowest BCUT2D eigenvalue weighted by Crippen LogP contribution is -2.33. The van der Waals surface area contributed by atoms with E-state index >= 15 is 0 Å². The number of aromatic amines is 1. The molecule has 1 unspecified atom stereocenters. The molecule has 1 aliphatic rings. The minimum atomic E-state index is -0.824. The minimum Gasteiger partial charge on any atom is -0.423 e. The van der Waals surface area contributed by atoms with E-state index in [-0.39, 0.29) is 29.8 Å². The first-order valence-corrected chi connectivity index (χ1v) is 11.5. The summed E-state index contributed by atoms with van der Waals surface area (Å²) in [5.74, 6) is -0.689. The second-order valence-electron chi connectivity index (χ2n) is 8.47. The summed E-state index contributed by atoms with van der Waals surface area (Å²) in [6.45, 7) is 3.95. The minimum absolute atomic E-state index is 0. The van der Waals surface area contributed by atoms with Crippen LogP contribution in [0.5, 0.6) is 5.75 Å². The lowest BCUT2D eigenvalue weighted by atomic mass is 9.96. The summed E-state index contributed by atoms with van der Waals surface area (Å²) in [5.41, 5.74) is 6.27. The lowest BCUT2D eigenvalue weighted by Gasteiger charge is -2.19. The highest BCUT2D eigenvalue weighted by Gasteiger charge is 2.26. The monoisotopic (exact) mass is 486 g/mol. The van der Waals surface area contributed by atoms with Gasteiger partial charge in [-0.05, 0) is 65.6 Å². The molecule has 0 amide bonds. The van der Waals surface area contributed by atoms with E-state index in [1.165, 1.54) is 34.4 Å². The van der Waals surface area contributed by atoms with Gasteiger partial charge in [0.15, 0.2) is 5.75 Å². The standard InChI is InChI=1S/C26H30N2O5.ClH/c1-3-15-5-6-16(4-2)21-12-17(11-20(15)21)27-13-22(30)18-7-9-23(33-25(32)14-29)26-19(18)8-10-24(31)28-26;/h5-10,17,22,27,29-30H,3-4,11-14H2,1-2H3,(H,28,31);1H. The van der Waals surface area contributed by atoms with Crippen molar-refractivity contribution in [3.8, 4) is 5.75 Å². The number of aliphatic hydroxyl groups is 2. The Morgan fingerprint density at radius 3 is 2.32 bits per heavy atom. The Hall–Kier alpha value is -2.71. The first kappa shape index (κ1) is 25.9. The molecule has 2 aromatic carbocycles. The van der Waals surface area contributed by atoms with Gasteiger partial charge in [0, 0.05) is 24.0 Å². The van der Waals surface area contributed by atoms with E-state index < -0.39 is 18.7 Å². The number of rotatable bonds is 8. The van der Waals surface area contributed by atoms with Crippen LogP contribution in [0.2, 0.25) is 0 Å². The van der Waals surface area contributed by atoms with Crippen LogP contribution in [-0.4, -0.2) is 40.4 Å². The fourth-order valence-electron chi connectivity index (χ4n) is 4.84. The number of pyridine rings is 1. The summed E-state index contributed by atoms with van der Waals surface area (Å²) in [6.07, 6.45) is 3.10. The number of aromatic nitrogens is 1. The van der Waals surface area contributed by atoms with Crippen molar-refractivity contribution in [2.45, 2.75) is 51.7 Å². The van der Waals surface area contributed by atoms with Gasteiger partial charge in [-0.3, -0.25) is 4.79 Å². The number of carbonyl (C=O) groups excluding carboxylic acids is 1. The Labute approximate surface area is 204 Å². The van der Waals surface area contributed by atoms with Crippen LogP contribution in [0.25, 0.3) is 10.9 Å². The fraction of sp³-hybridized carbons (Fsp3) is 0.385. The fourth-order valence-corrected chi connectivity index (χ4v) is 4.84. The molecule has 3 aromatic rings. The molecule has 1 aromatic heterocycles. The molecule has 4 rings (SSSR count). The predicted octanol–water partition coefficient (Wildman–Crippen LogP) is 2.76. The maximum atomic E-state index is 11.9. The highest BCUT2D eigenvalue weighted by Crippen LogP contribution is 2.32. The molecule has 0 radical (unpaired) electrons. The molecule has 1 atom stereocenters. The smallest absolute Gasteiger partial charge is 0.337 e. The molecule has 0 aliphatic heterocycles. The van der Waals surface area contributed by atoms with Gasteiger partial charge in [-0.2, -0.15) is 0 Å². The van der Waals surface area contributed by atoms with Crippen LogP contribution in [0.4, 0.5) is 0 Å². The quantitative estimate of drug-likeness (QED) is 0.288. The zero-order valence-corrected chi connectivity index (χ0v) is 20.2. The molecular weight excluding hydrogens is 456 g/mol. The van der Waals surface area contributed by atoms with Crippen molar-refractivity contribution >= 4 is 29.3 Å². The van der Waals surface area contributed by atoms with Crippen molar-refractivity contribution in [3.63, 3.8) is 0 Å². The largest absolute Gasteiger partial charge is 0.423 e. The number of aryl methyl sites for hydroxylation is 2. The first-order chi connectivity index (χ1) is 15.9. The van der Waals surface area contributed by atoms with E-state index in [1.54, 1.807) is 12.1 Å². The Balaban J connectivity index is 0.00000324. The molecule has 1 aliphatic carbocycles. The molecule has 34 heavy (non-hydrogen) atoms. The summed E-state index contributed by atoms with van der Waals surface area (Å²) in [6, 6.07) is 10.9. The van der Waals surface area contributed by atoms with Gasteiger partial charge in [-0.1, -0.05) is 32.0 Å². The van der Waals surface area contributed by atoms with Crippen molar-refractivity contribution in [1.29, 1.82) is 0 Å². The molecular formula is C26H31ClN2O5. The molecule has 0 fully saturated rings. The van der Waals surface area contributed by atoms with Gasteiger partial charge in [-0.25, -0.2) is 4.79 Å². The Morgan fingerprint density at radius 1 is 1.09 bits per heavy atom. The van der Waals surface area contributed by atoms with Crippen LogP contribution in [-0.2, 0) is 30.5 Å². The first-order valence-electron chi connectivity index (χ1n) is 11.5. The number of nitrogens with one attached hydrogen (secondary N) is 2. The summed E-state index contributed by atoms with van der Waals surface area (Å²) in [7, 11) is 0. The van der Waals surface area contributed by atoms with Gasteiger partial charge >= 0.3 is 5.97 Å². The molecule has 8 heteroatoms. The van der Waals surface area contributed by atoms with E-state index in [4.69, 9.17) is 9.84 Å². The zero-order valence-electron chi connectivity index (χ0n) is 19.4. The zero-order chi connectivity index (χ0) is 23.5. The summed E-state index contributed by atoms with van der Waals surface area (Å²) in [4.78, 5) is 26.1. The average Bonchev–Trinajstić information content (AvgIpc) is 3.26. The summed E-state index contributed by atoms with van der Waals surface area (Å²) < 4.78 is 5.13. The third kappa shape index (κ3) is 5.18. The second-order valence-corrected chi connectivity index (χ2v) is 8.47. The molecule has 0 saturated heterocycles. The van der Waals surface area contributed by atoms with Crippen molar-refractivity contribution in [2.75, 3.05) is 13.2 Å². The molecule has 4 N–H and O–H groups in total. The van der Waals surface area contributed by atoms with E-state index in [0.29, 0.717) is 23.0 Å². The topological polar surface area (TPSA) is 112 Å². The number of fused-ring (bicyclic) bond motifs is 2. The van der Waals surface area contributed by atoms with Gasteiger partial charge < -0.3 is 25.3 Å². The second kappa shape index (κ2) is 11.1. The van der Waals surface area contributed by atoms with Crippen molar-refractivity contribution < 1.29 is 19.7 Å². The number of benzene rings is 2. The normalized spacial score (nSPS) is 14.0. The van der Waals surface area contributed by atoms with Crippen molar-refractivity contribution in [3.05, 3.63) is 74.6 Å². The van der Waals surface area contributed by atoms with Gasteiger partial charge in [0.1, 0.15) is 6.61 Å². The number of halogens is 1. The SMILES string of the molecule is CCc1ccc(CC)c2c1CC(NCC(O)c1ccc(OC(=O)CO)c3[nH]c(=O)ccc13)C2.Cl. The van der Waals surface area contributed by atoms with Crippen LogP contribution in [0.3, 0.4) is 0 Å². The highest BCUT2D eigenvalue weighted by atomic mass is 35.5. The Bertz CT molecular complexity index is 1210. The molecule has 182 valence electrons. The van der Waals surface area contributed by atoms with Crippen molar-refractivity contribution in [1.82, 2.24) is 10.3 Å². The third-order valence-electron chi connectivity index (χ3n) is 6.49. The van der Waals surface area contributed by atoms with Crippen LogP contribution in [0, 0.1) is 0 Å². The number of hydrogen-bond donors (Lipinski definition) is 4. The molecule has 7 nitrogen and oxygen atoms in total. The molecule has 0 spiro atoms. The Kier molecular flexibility index (Phi) is 8.49. The van der Waals surface area contributed by atoms with Gasteiger partial charge in [-0.15, -0.1) is 12.4 Å². The maximum Gasteiger partial charge on any atom is 0.337 e. The lowest BCUT2D eigenvalue weighted by molar-refractivity contribution is -0.137. The van der Waals surface area contributed by atoms with Crippen LogP contribution in [0.1, 0.15) is 47.8 Å². The number of aliphatic hydroxyl groups excluding tert-OH is 2. The number of hydrogen-bond acceptors (Lipinski definition) is 6. The summed E-state index contributed by atoms with van der Waals surface area (Å²) >= 11 is 0. The molecule has 0 saturated carbocycles. The predicted molar refractivity (Wildman–Crippen MR) is 134 cm³/mol. The highest BCUT2D eigenvalue weighted by molar-refractivity contribution is 5.90. The number of H-pyrrole nitrogens is 1. The van der Waals surface area contributed by atoms with E-state index in [0.717, 1.165) is 25.7 Å². The van der Waals surface area contributed by atoms with E-state index in [1.807, 2.05) is 0 Å². The number of ether oxygens (including phenoxy) is 1. The third-order valence-corrected chi connectivity index (χ3v) is 6.49. The van der Waals surface area contributed by atoms with Crippen LogP contribution < -0.4 is 15.6 Å². The van der Waals surface area contributed by atoms with E-state index in [9.17, 15) is 14.7 Å². The van der Waals surface area contributed by atoms with Gasteiger partial charge in [0.2, 0.25) is 5.56 Å². The summed E-state index contributed by atoms with van der Waals surface area (Å²) in [5, 5.41) is 24.1.